The maximum Gasteiger partial charge on any atom is 0.169 e. The predicted molar refractivity (Wildman–Crippen MR) is 56.4 cm³/mol. The van der Waals surface area contributed by atoms with Crippen molar-refractivity contribution < 1.29 is 24.8 Å². The Morgan fingerprint density at radius 2 is 2.12 bits per heavy atom. The molecule has 3 N–H and O–H groups in total. The SMILES string of the molecule is [N-]=[N+]=NC1[C@@H](OCP)OC(CO)[C@@H](O)[C@@H]1O. The summed E-state index contributed by atoms with van der Waals surface area (Å²) in [5.74, 6) is 0. The van der Waals surface area contributed by atoms with Crippen LogP contribution in [0.4, 0.5) is 0 Å². The van der Waals surface area contributed by atoms with Gasteiger partial charge in [0, 0.05) is 4.91 Å². The molecule has 1 saturated heterocycles. The Labute approximate surface area is 94.0 Å². The van der Waals surface area contributed by atoms with Gasteiger partial charge in [-0.05, 0) is 5.53 Å². The van der Waals surface area contributed by atoms with Crippen molar-refractivity contribution in [2.75, 3.05) is 13.0 Å². The van der Waals surface area contributed by atoms with E-state index in [1.165, 1.54) is 0 Å². The van der Waals surface area contributed by atoms with Crippen LogP contribution in [-0.4, -0.2) is 58.9 Å². The van der Waals surface area contributed by atoms with Crippen molar-refractivity contribution in [3.63, 3.8) is 0 Å². The summed E-state index contributed by atoms with van der Waals surface area (Å²) in [6.45, 7) is -0.460. The third kappa shape index (κ3) is 2.81. The molecule has 92 valence electrons. The molecule has 8 nitrogen and oxygen atoms in total. The highest BCUT2D eigenvalue weighted by atomic mass is 31.0. The summed E-state index contributed by atoms with van der Waals surface area (Å²) in [5.41, 5.74) is 8.33. The number of rotatable bonds is 4. The maximum absolute atomic E-state index is 9.67. The number of hydrogen-bond acceptors (Lipinski definition) is 6. The molecule has 16 heavy (non-hydrogen) atoms. The van der Waals surface area contributed by atoms with Crippen LogP contribution in [0.1, 0.15) is 0 Å². The molecule has 1 aliphatic rings. The van der Waals surface area contributed by atoms with Gasteiger partial charge in [0.25, 0.3) is 0 Å². The highest BCUT2D eigenvalue weighted by Crippen LogP contribution is 2.24. The molecular formula is C7H14N3O5P. The molecule has 0 bridgehead atoms. The molecular weight excluding hydrogens is 237 g/mol. The van der Waals surface area contributed by atoms with Gasteiger partial charge in [-0.1, -0.05) is 5.11 Å². The van der Waals surface area contributed by atoms with Gasteiger partial charge in [-0.3, -0.25) is 0 Å². The number of azide groups is 1. The molecule has 0 spiro atoms. The molecule has 0 amide bonds. The Morgan fingerprint density at radius 3 is 2.62 bits per heavy atom. The summed E-state index contributed by atoms with van der Waals surface area (Å²) >= 11 is 0. The average molecular weight is 251 g/mol. The van der Waals surface area contributed by atoms with E-state index in [-0.39, 0.29) is 6.35 Å². The van der Waals surface area contributed by atoms with Gasteiger partial charge in [0.05, 0.1) is 19.1 Å². The first-order chi connectivity index (χ1) is 7.65. The summed E-state index contributed by atoms with van der Waals surface area (Å²) in [4.78, 5) is 2.55. The molecule has 1 aliphatic heterocycles. The van der Waals surface area contributed by atoms with E-state index in [4.69, 9.17) is 20.1 Å². The van der Waals surface area contributed by atoms with Gasteiger partial charge in [0.1, 0.15) is 18.2 Å². The Bertz CT molecular complexity index is 275. The number of aliphatic hydroxyl groups excluding tert-OH is 3. The zero-order valence-corrected chi connectivity index (χ0v) is 9.53. The monoisotopic (exact) mass is 251 g/mol. The third-order valence-electron chi connectivity index (χ3n) is 2.29. The number of ether oxygens (including phenoxy) is 2. The van der Waals surface area contributed by atoms with E-state index in [1.54, 1.807) is 0 Å². The van der Waals surface area contributed by atoms with Gasteiger partial charge in [-0.15, -0.1) is 9.24 Å². The molecule has 1 heterocycles. The first-order valence-electron chi connectivity index (χ1n) is 4.64. The Morgan fingerprint density at radius 1 is 1.44 bits per heavy atom. The van der Waals surface area contributed by atoms with Gasteiger partial charge in [0.2, 0.25) is 0 Å². The lowest BCUT2D eigenvalue weighted by atomic mass is 9.98. The van der Waals surface area contributed by atoms with Crippen molar-refractivity contribution in [1.29, 1.82) is 0 Å². The smallest absolute Gasteiger partial charge is 0.169 e. The average Bonchev–Trinajstić information content (AvgIpc) is 2.28. The molecule has 9 heteroatoms. The molecule has 1 fully saturated rings. The second kappa shape index (κ2) is 6.32. The van der Waals surface area contributed by atoms with Crippen LogP contribution in [-0.2, 0) is 9.47 Å². The second-order valence-corrected chi connectivity index (χ2v) is 3.57. The van der Waals surface area contributed by atoms with Crippen molar-refractivity contribution in [1.82, 2.24) is 0 Å². The van der Waals surface area contributed by atoms with Gasteiger partial charge in [-0.2, -0.15) is 0 Å². The Kier molecular flexibility index (Phi) is 5.37. The van der Waals surface area contributed by atoms with Crippen molar-refractivity contribution >= 4 is 9.24 Å². The maximum atomic E-state index is 9.67. The number of aliphatic hydroxyl groups is 3. The van der Waals surface area contributed by atoms with Crippen LogP contribution in [0.5, 0.6) is 0 Å². The fourth-order valence-electron chi connectivity index (χ4n) is 1.48. The third-order valence-corrected chi connectivity index (χ3v) is 2.49. The molecule has 0 radical (unpaired) electrons. The fourth-order valence-corrected chi connectivity index (χ4v) is 1.67. The zero-order chi connectivity index (χ0) is 12.1. The summed E-state index contributed by atoms with van der Waals surface area (Å²) in [7, 11) is 2.28. The summed E-state index contributed by atoms with van der Waals surface area (Å²) in [6.07, 6.45) is -4.37. The fraction of sp³-hybridized carbons (Fsp3) is 1.00. The number of hydrogen-bond donors (Lipinski definition) is 3. The van der Waals surface area contributed by atoms with Gasteiger partial charge >= 0.3 is 0 Å². The zero-order valence-electron chi connectivity index (χ0n) is 8.38. The topological polar surface area (TPSA) is 128 Å². The van der Waals surface area contributed by atoms with Crippen LogP contribution in [0.3, 0.4) is 0 Å². The van der Waals surface area contributed by atoms with Crippen molar-refractivity contribution in [2.24, 2.45) is 5.11 Å². The minimum atomic E-state index is -1.33. The molecule has 6 atom stereocenters. The van der Waals surface area contributed by atoms with E-state index in [0.29, 0.717) is 0 Å². The molecule has 0 saturated carbocycles. The summed E-state index contributed by atoms with van der Waals surface area (Å²) in [6, 6.07) is -1.04. The van der Waals surface area contributed by atoms with Gasteiger partial charge in [-0.25, -0.2) is 0 Å². The van der Waals surface area contributed by atoms with Gasteiger partial charge in [0.15, 0.2) is 6.29 Å². The van der Waals surface area contributed by atoms with Crippen molar-refractivity contribution in [2.45, 2.75) is 30.6 Å². The lowest BCUT2D eigenvalue weighted by Crippen LogP contribution is -2.58. The molecule has 0 aromatic carbocycles. The highest BCUT2D eigenvalue weighted by molar-refractivity contribution is 7.16. The van der Waals surface area contributed by atoms with E-state index in [2.05, 4.69) is 19.3 Å². The van der Waals surface area contributed by atoms with Crippen LogP contribution in [0.15, 0.2) is 5.11 Å². The molecule has 0 aromatic rings. The standard InChI is InChI=1S/C7H14N3O5P/c8-10-9-4-6(13)5(12)3(1-11)15-7(4)14-2-16/h3-7,11-13H,1-2,16H2/t3?,4?,5-,6-,7+/m1/s1. The Balaban J connectivity index is 2.83. The molecule has 3 unspecified atom stereocenters. The van der Waals surface area contributed by atoms with Crippen LogP contribution in [0.25, 0.3) is 10.4 Å². The largest absolute Gasteiger partial charge is 0.394 e. The van der Waals surface area contributed by atoms with Crippen LogP contribution in [0.2, 0.25) is 0 Å². The quantitative estimate of drug-likeness (QED) is 0.254. The number of nitrogens with zero attached hydrogens (tertiary/aromatic N) is 3. The highest BCUT2D eigenvalue weighted by Gasteiger charge is 2.44. The normalized spacial score (nSPS) is 39.1. The lowest BCUT2D eigenvalue weighted by Gasteiger charge is -2.39. The summed E-state index contributed by atoms with van der Waals surface area (Å²) in [5, 5.41) is 31.5. The van der Waals surface area contributed by atoms with Crippen LogP contribution < -0.4 is 0 Å². The minimum Gasteiger partial charge on any atom is -0.394 e. The van der Waals surface area contributed by atoms with E-state index in [0.717, 1.165) is 0 Å². The minimum absolute atomic E-state index is 0.211. The molecule has 1 rings (SSSR count). The first kappa shape index (κ1) is 13.6. The first-order valence-corrected chi connectivity index (χ1v) is 5.45. The van der Waals surface area contributed by atoms with Crippen molar-refractivity contribution in [3.8, 4) is 0 Å². The molecule has 0 aromatic heterocycles. The predicted octanol–water partition coefficient (Wildman–Crippen LogP) is -1.05. The van der Waals surface area contributed by atoms with Gasteiger partial charge < -0.3 is 24.8 Å². The molecule has 0 aliphatic carbocycles. The van der Waals surface area contributed by atoms with E-state index in [1.807, 2.05) is 0 Å². The Hall–Kier alpha value is -0.460. The van der Waals surface area contributed by atoms with E-state index < -0.39 is 37.3 Å². The van der Waals surface area contributed by atoms with Crippen molar-refractivity contribution in [3.05, 3.63) is 10.4 Å². The van der Waals surface area contributed by atoms with Crippen LogP contribution in [0, 0.1) is 0 Å². The van der Waals surface area contributed by atoms with E-state index in [9.17, 15) is 10.2 Å². The second-order valence-electron chi connectivity index (χ2n) is 3.24. The van der Waals surface area contributed by atoms with Crippen LogP contribution >= 0.6 is 9.24 Å². The lowest BCUT2D eigenvalue weighted by molar-refractivity contribution is -0.259. The summed E-state index contributed by atoms with van der Waals surface area (Å²) < 4.78 is 10.3. The van der Waals surface area contributed by atoms with E-state index >= 15 is 0 Å².